The highest BCUT2D eigenvalue weighted by molar-refractivity contribution is 6.74. The molecule has 0 radical (unpaired) electrons. The van der Waals surface area contributed by atoms with Crippen molar-refractivity contribution < 1.29 is 4.43 Å². The number of hydrogen-bond acceptors (Lipinski definition) is 2. The minimum Gasteiger partial charge on any atom is -0.410 e. The standard InChI is InChI=1S/C22H36ClNOSi/c1-9-14-22(17-11-10-12-18(23)16-17)15-13-19(24-22)21(5,6)25-26(7,8)20(2,3)4/h9-12,16,19,24H,1,13-15H2,2-8H3/t19-,22+/m1/s1. The van der Waals surface area contributed by atoms with Gasteiger partial charge < -0.3 is 9.74 Å². The highest BCUT2D eigenvalue weighted by Gasteiger charge is 2.49. The Labute approximate surface area is 166 Å². The average molecular weight is 394 g/mol. The van der Waals surface area contributed by atoms with Gasteiger partial charge in [0.05, 0.1) is 5.60 Å². The van der Waals surface area contributed by atoms with Crippen molar-refractivity contribution in [2.75, 3.05) is 0 Å². The van der Waals surface area contributed by atoms with Crippen LogP contribution in [0.1, 0.15) is 59.4 Å². The maximum absolute atomic E-state index is 6.83. The van der Waals surface area contributed by atoms with Gasteiger partial charge in [-0.25, -0.2) is 0 Å². The van der Waals surface area contributed by atoms with Crippen molar-refractivity contribution >= 4 is 19.9 Å². The van der Waals surface area contributed by atoms with Crippen LogP contribution in [0.5, 0.6) is 0 Å². The van der Waals surface area contributed by atoms with Crippen LogP contribution in [0, 0.1) is 0 Å². The third kappa shape index (κ3) is 4.44. The van der Waals surface area contributed by atoms with Crippen LogP contribution < -0.4 is 5.32 Å². The Bertz CT molecular complexity index is 650. The normalized spacial score (nSPS) is 24.7. The second-order valence-electron chi connectivity index (χ2n) is 9.79. The number of halogens is 1. The Kier molecular flexibility index (Phi) is 6.19. The summed E-state index contributed by atoms with van der Waals surface area (Å²) in [5.74, 6) is 0. The molecule has 0 aliphatic carbocycles. The fourth-order valence-corrected chi connectivity index (χ4v) is 5.76. The maximum Gasteiger partial charge on any atom is 0.192 e. The number of benzene rings is 1. The first-order chi connectivity index (χ1) is 11.8. The second-order valence-corrected chi connectivity index (χ2v) is 14.9. The molecule has 0 bridgehead atoms. The van der Waals surface area contributed by atoms with Gasteiger partial charge in [-0.3, -0.25) is 0 Å². The summed E-state index contributed by atoms with van der Waals surface area (Å²) in [6.07, 6.45) is 5.05. The van der Waals surface area contributed by atoms with Crippen molar-refractivity contribution in [2.24, 2.45) is 0 Å². The Morgan fingerprint density at radius 3 is 2.50 bits per heavy atom. The molecule has 0 unspecified atom stereocenters. The average Bonchev–Trinajstić information content (AvgIpc) is 2.92. The summed E-state index contributed by atoms with van der Waals surface area (Å²) in [5.41, 5.74) is 0.922. The predicted octanol–water partition coefficient (Wildman–Crippen LogP) is 6.66. The fourth-order valence-electron chi connectivity index (χ4n) is 3.81. The van der Waals surface area contributed by atoms with Crippen LogP contribution in [-0.2, 0) is 9.96 Å². The van der Waals surface area contributed by atoms with Crippen molar-refractivity contribution in [1.82, 2.24) is 5.32 Å². The molecule has 4 heteroatoms. The van der Waals surface area contributed by atoms with Crippen molar-refractivity contribution in [2.45, 2.75) is 89.2 Å². The second kappa shape index (κ2) is 7.42. The first-order valence-corrected chi connectivity index (χ1v) is 13.0. The Morgan fingerprint density at radius 2 is 1.96 bits per heavy atom. The SMILES string of the molecule is C=CC[C@@]1(c2cccc(Cl)c2)CC[C@H](C(C)(C)O[Si](C)(C)C(C)(C)C)N1. The van der Waals surface area contributed by atoms with Gasteiger partial charge in [0.1, 0.15) is 0 Å². The van der Waals surface area contributed by atoms with Crippen molar-refractivity contribution in [3.05, 3.63) is 47.5 Å². The molecule has 1 aliphatic rings. The molecule has 2 atom stereocenters. The smallest absolute Gasteiger partial charge is 0.192 e. The topological polar surface area (TPSA) is 21.3 Å². The zero-order chi connectivity index (χ0) is 19.8. The lowest BCUT2D eigenvalue weighted by Gasteiger charge is -2.46. The first kappa shape index (κ1) is 21.7. The summed E-state index contributed by atoms with van der Waals surface area (Å²) in [5, 5.41) is 4.92. The molecule has 1 aromatic carbocycles. The van der Waals surface area contributed by atoms with Crippen LogP contribution in [0.3, 0.4) is 0 Å². The van der Waals surface area contributed by atoms with E-state index in [0.717, 1.165) is 24.3 Å². The van der Waals surface area contributed by atoms with Gasteiger partial charge >= 0.3 is 0 Å². The van der Waals surface area contributed by atoms with Crippen LogP contribution in [0.2, 0.25) is 23.2 Å². The summed E-state index contributed by atoms with van der Waals surface area (Å²) >= 11 is 6.28. The van der Waals surface area contributed by atoms with Gasteiger partial charge in [0, 0.05) is 16.6 Å². The lowest BCUT2D eigenvalue weighted by Crippen LogP contribution is -2.56. The van der Waals surface area contributed by atoms with E-state index in [9.17, 15) is 0 Å². The Morgan fingerprint density at radius 1 is 1.31 bits per heavy atom. The van der Waals surface area contributed by atoms with Gasteiger partial charge in [-0.2, -0.15) is 0 Å². The summed E-state index contributed by atoms with van der Waals surface area (Å²) in [4.78, 5) is 0. The minimum absolute atomic E-state index is 0.106. The molecule has 0 aromatic heterocycles. The van der Waals surface area contributed by atoms with Crippen LogP contribution in [0.4, 0.5) is 0 Å². The van der Waals surface area contributed by atoms with E-state index < -0.39 is 8.32 Å². The van der Waals surface area contributed by atoms with Crippen molar-refractivity contribution in [1.29, 1.82) is 0 Å². The number of hydrogen-bond donors (Lipinski definition) is 1. The summed E-state index contributed by atoms with van der Waals surface area (Å²) < 4.78 is 6.83. The molecule has 2 rings (SSSR count). The first-order valence-electron chi connectivity index (χ1n) is 9.68. The molecule has 0 amide bonds. The van der Waals surface area contributed by atoms with E-state index in [0.29, 0.717) is 6.04 Å². The number of nitrogens with one attached hydrogen (secondary N) is 1. The largest absolute Gasteiger partial charge is 0.410 e. The molecule has 1 heterocycles. The molecular formula is C22H36ClNOSi. The fraction of sp³-hybridized carbons (Fsp3) is 0.636. The molecule has 26 heavy (non-hydrogen) atoms. The molecular weight excluding hydrogens is 358 g/mol. The van der Waals surface area contributed by atoms with E-state index in [4.69, 9.17) is 16.0 Å². The highest BCUT2D eigenvalue weighted by Crippen LogP contribution is 2.44. The quantitative estimate of drug-likeness (QED) is 0.430. The van der Waals surface area contributed by atoms with E-state index in [2.05, 4.69) is 71.7 Å². The molecule has 2 nitrogen and oxygen atoms in total. The molecule has 1 aliphatic heterocycles. The minimum atomic E-state index is -1.84. The molecule has 1 saturated heterocycles. The molecule has 1 aromatic rings. The van der Waals surface area contributed by atoms with E-state index in [-0.39, 0.29) is 16.2 Å². The highest BCUT2D eigenvalue weighted by atomic mass is 35.5. The van der Waals surface area contributed by atoms with Gasteiger partial charge in [0.2, 0.25) is 0 Å². The van der Waals surface area contributed by atoms with E-state index in [1.807, 2.05) is 18.2 Å². The van der Waals surface area contributed by atoms with Gasteiger partial charge in [-0.15, -0.1) is 6.58 Å². The molecule has 0 spiro atoms. The van der Waals surface area contributed by atoms with E-state index in [1.165, 1.54) is 5.56 Å². The Balaban J connectivity index is 2.27. The lowest BCUT2D eigenvalue weighted by molar-refractivity contribution is 0.0511. The van der Waals surface area contributed by atoms with Gasteiger partial charge in [0.15, 0.2) is 8.32 Å². The molecule has 0 saturated carbocycles. The van der Waals surface area contributed by atoms with Crippen molar-refractivity contribution in [3.63, 3.8) is 0 Å². The third-order valence-corrected chi connectivity index (χ3v) is 11.2. The zero-order valence-electron chi connectivity index (χ0n) is 17.6. The van der Waals surface area contributed by atoms with Gasteiger partial charge in [0.25, 0.3) is 0 Å². The van der Waals surface area contributed by atoms with E-state index in [1.54, 1.807) is 0 Å². The maximum atomic E-state index is 6.83. The predicted molar refractivity (Wildman–Crippen MR) is 116 cm³/mol. The Hall–Kier alpha value is -0.613. The summed E-state index contributed by atoms with van der Waals surface area (Å²) in [7, 11) is -1.84. The zero-order valence-corrected chi connectivity index (χ0v) is 19.3. The molecule has 1 fully saturated rings. The van der Waals surface area contributed by atoms with Gasteiger partial charge in [-0.05, 0) is 68.9 Å². The summed E-state index contributed by atoms with van der Waals surface area (Å²) in [6.45, 7) is 20.0. The number of rotatable bonds is 6. The third-order valence-electron chi connectivity index (χ3n) is 6.34. The van der Waals surface area contributed by atoms with Crippen molar-refractivity contribution in [3.8, 4) is 0 Å². The van der Waals surface area contributed by atoms with E-state index >= 15 is 0 Å². The molecule has 146 valence electrons. The van der Waals surface area contributed by atoms with Gasteiger partial charge in [-0.1, -0.05) is 50.6 Å². The summed E-state index contributed by atoms with van der Waals surface area (Å²) in [6, 6.07) is 8.53. The van der Waals surface area contributed by atoms with Crippen LogP contribution in [0.25, 0.3) is 0 Å². The monoisotopic (exact) mass is 393 g/mol. The van der Waals surface area contributed by atoms with Crippen LogP contribution in [0.15, 0.2) is 36.9 Å². The van der Waals surface area contributed by atoms with Crippen LogP contribution in [-0.4, -0.2) is 20.0 Å². The molecule has 1 N–H and O–H groups in total. The lowest BCUT2D eigenvalue weighted by atomic mass is 9.85. The van der Waals surface area contributed by atoms with Crippen LogP contribution >= 0.6 is 11.6 Å².